The first kappa shape index (κ1) is 21.7. The second-order valence-electron chi connectivity index (χ2n) is 10.0. The van der Waals surface area contributed by atoms with E-state index >= 15 is 0 Å². The van der Waals surface area contributed by atoms with E-state index in [2.05, 4.69) is 34.1 Å². The Labute approximate surface area is 182 Å². The minimum absolute atomic E-state index is 0.181. The van der Waals surface area contributed by atoms with E-state index in [4.69, 9.17) is 9.97 Å². The van der Waals surface area contributed by atoms with E-state index in [0.29, 0.717) is 23.8 Å². The number of rotatable bonds is 8. The summed E-state index contributed by atoms with van der Waals surface area (Å²) in [5.74, 6) is 2.11. The molecule has 0 N–H and O–H groups in total. The molecule has 3 aliphatic rings. The lowest BCUT2D eigenvalue weighted by molar-refractivity contribution is -0.122. The highest BCUT2D eigenvalue weighted by molar-refractivity contribution is 5.80. The summed E-state index contributed by atoms with van der Waals surface area (Å²) in [7, 11) is 2.23. The molecule has 0 aliphatic carbocycles. The smallest absolute Gasteiger partial charge is 0.225 e. The fourth-order valence-electron chi connectivity index (χ4n) is 5.53. The number of carbonyl (C=O) groups is 1. The maximum atomic E-state index is 11.7. The number of aromatic nitrogens is 2. The summed E-state index contributed by atoms with van der Waals surface area (Å²) >= 11 is 0. The quantitative estimate of drug-likeness (QED) is 0.610. The molecule has 6 heteroatoms. The molecule has 6 nitrogen and oxygen atoms in total. The Bertz CT molecular complexity index is 684. The molecule has 3 aliphatic heterocycles. The average Bonchev–Trinajstić information content (AvgIpc) is 3.02. The molecular formula is C24H39N5O. The van der Waals surface area contributed by atoms with E-state index in [-0.39, 0.29) is 5.92 Å². The molecular weight excluding hydrogens is 374 g/mol. The molecule has 0 aromatic carbocycles. The minimum Gasteiger partial charge on any atom is -0.332 e. The van der Waals surface area contributed by atoms with Crippen molar-refractivity contribution < 1.29 is 4.79 Å². The molecule has 1 aromatic heterocycles. The number of Topliss-reactive ketones (excluding diaryl/α,β-unsaturated/α-hetero) is 1. The van der Waals surface area contributed by atoms with Crippen LogP contribution in [0, 0.1) is 5.92 Å². The standard InChI is InChI=1S/C24H39N5O/c1-18(2)23(30)6-4-5-11-28-12-9-19(10-13-28)20-14-25-24(26-15-20)29-21-7-8-22(29)17-27(3)16-21/h14-15,18-19,21-22H,4-13,16-17H2,1-3H3. The van der Waals surface area contributed by atoms with Crippen LogP contribution in [0.3, 0.4) is 0 Å². The third-order valence-electron chi connectivity index (χ3n) is 7.40. The van der Waals surface area contributed by atoms with Crippen LogP contribution in [-0.2, 0) is 4.79 Å². The zero-order valence-corrected chi connectivity index (χ0v) is 19.1. The van der Waals surface area contributed by atoms with E-state index in [1.807, 2.05) is 13.8 Å². The van der Waals surface area contributed by atoms with Gasteiger partial charge in [-0.1, -0.05) is 13.8 Å². The molecule has 3 saturated heterocycles. The van der Waals surface area contributed by atoms with Gasteiger partial charge in [-0.15, -0.1) is 0 Å². The van der Waals surface area contributed by atoms with Crippen LogP contribution in [0.1, 0.15) is 70.3 Å². The fourth-order valence-corrected chi connectivity index (χ4v) is 5.53. The molecule has 30 heavy (non-hydrogen) atoms. The van der Waals surface area contributed by atoms with Gasteiger partial charge in [-0.2, -0.15) is 0 Å². The van der Waals surface area contributed by atoms with Gasteiger partial charge in [0.15, 0.2) is 0 Å². The number of piperidine rings is 1. The fraction of sp³-hybridized carbons (Fsp3) is 0.792. The topological polar surface area (TPSA) is 52.6 Å². The zero-order chi connectivity index (χ0) is 21.1. The number of nitrogens with zero attached hydrogens (tertiary/aromatic N) is 5. The Kier molecular flexibility index (Phi) is 7.04. The first-order valence-corrected chi connectivity index (χ1v) is 12.0. The van der Waals surface area contributed by atoms with Gasteiger partial charge < -0.3 is 14.7 Å². The number of fused-ring (bicyclic) bond motifs is 2. The monoisotopic (exact) mass is 413 g/mol. The molecule has 0 saturated carbocycles. The maximum absolute atomic E-state index is 11.7. The summed E-state index contributed by atoms with van der Waals surface area (Å²) in [4.78, 5) is 28.8. The van der Waals surface area contributed by atoms with Gasteiger partial charge >= 0.3 is 0 Å². The van der Waals surface area contributed by atoms with Crippen LogP contribution in [-0.4, -0.2) is 77.4 Å². The van der Waals surface area contributed by atoms with Crippen molar-refractivity contribution in [3.8, 4) is 0 Å². The third kappa shape index (κ3) is 5.02. The first-order chi connectivity index (χ1) is 14.5. The van der Waals surface area contributed by atoms with Gasteiger partial charge in [0.25, 0.3) is 0 Å². The highest BCUT2D eigenvalue weighted by atomic mass is 16.1. The lowest BCUT2D eigenvalue weighted by atomic mass is 9.91. The van der Waals surface area contributed by atoms with Crippen LogP contribution in [0.4, 0.5) is 5.95 Å². The van der Waals surface area contributed by atoms with Crippen LogP contribution in [0.25, 0.3) is 0 Å². The second-order valence-corrected chi connectivity index (χ2v) is 10.0. The lowest BCUT2D eigenvalue weighted by Gasteiger charge is -2.39. The summed E-state index contributed by atoms with van der Waals surface area (Å²) in [6.45, 7) is 9.68. The van der Waals surface area contributed by atoms with Crippen LogP contribution in [0.15, 0.2) is 12.4 Å². The number of anilines is 1. The number of unbranched alkanes of at least 4 members (excludes halogenated alkanes) is 1. The number of carbonyl (C=O) groups excluding carboxylic acids is 1. The predicted octanol–water partition coefficient (Wildman–Crippen LogP) is 3.33. The van der Waals surface area contributed by atoms with Crippen LogP contribution in [0.5, 0.6) is 0 Å². The summed E-state index contributed by atoms with van der Waals surface area (Å²) < 4.78 is 0. The lowest BCUT2D eigenvalue weighted by Crippen LogP contribution is -2.53. The summed E-state index contributed by atoms with van der Waals surface area (Å²) in [5, 5.41) is 0. The van der Waals surface area contributed by atoms with Crippen LogP contribution >= 0.6 is 0 Å². The molecule has 0 radical (unpaired) electrons. The molecule has 2 atom stereocenters. The van der Waals surface area contributed by atoms with E-state index in [0.717, 1.165) is 57.9 Å². The Morgan fingerprint density at radius 2 is 1.67 bits per heavy atom. The maximum Gasteiger partial charge on any atom is 0.225 e. The predicted molar refractivity (Wildman–Crippen MR) is 121 cm³/mol. The average molecular weight is 414 g/mol. The van der Waals surface area contributed by atoms with Crippen molar-refractivity contribution >= 4 is 11.7 Å². The molecule has 0 amide bonds. The SMILES string of the molecule is CC(C)C(=O)CCCCN1CCC(c2cnc(N3C4CCC3CN(C)C4)nc2)CC1. The summed E-state index contributed by atoms with van der Waals surface area (Å²) in [6, 6.07) is 1.16. The van der Waals surface area contributed by atoms with Crippen LogP contribution < -0.4 is 4.90 Å². The van der Waals surface area contributed by atoms with Gasteiger partial charge in [-0.05, 0) is 76.7 Å². The Hall–Kier alpha value is -1.53. The highest BCUT2D eigenvalue weighted by Gasteiger charge is 2.40. The largest absolute Gasteiger partial charge is 0.332 e. The number of hydrogen-bond donors (Lipinski definition) is 0. The molecule has 0 spiro atoms. The van der Waals surface area contributed by atoms with Gasteiger partial charge in [-0.25, -0.2) is 9.97 Å². The van der Waals surface area contributed by atoms with Crippen LogP contribution in [0.2, 0.25) is 0 Å². The molecule has 2 unspecified atom stereocenters. The molecule has 4 heterocycles. The van der Waals surface area contributed by atoms with Gasteiger partial charge in [-0.3, -0.25) is 4.79 Å². The molecule has 1 aromatic rings. The number of hydrogen-bond acceptors (Lipinski definition) is 6. The number of likely N-dealkylation sites (N-methyl/N-ethyl adjacent to an activating group) is 1. The normalized spacial score (nSPS) is 25.9. The van der Waals surface area contributed by atoms with E-state index in [1.165, 1.54) is 31.2 Å². The van der Waals surface area contributed by atoms with Crippen molar-refractivity contribution in [2.24, 2.45) is 5.92 Å². The van der Waals surface area contributed by atoms with Gasteiger partial charge in [0.1, 0.15) is 5.78 Å². The van der Waals surface area contributed by atoms with Crippen molar-refractivity contribution in [1.82, 2.24) is 19.8 Å². The van der Waals surface area contributed by atoms with E-state index in [9.17, 15) is 4.79 Å². The molecule has 3 fully saturated rings. The Morgan fingerprint density at radius 3 is 2.27 bits per heavy atom. The first-order valence-electron chi connectivity index (χ1n) is 12.0. The summed E-state index contributed by atoms with van der Waals surface area (Å²) in [5.41, 5.74) is 1.31. The number of likely N-dealkylation sites (tertiary alicyclic amines) is 2. The molecule has 166 valence electrons. The third-order valence-corrected chi connectivity index (χ3v) is 7.40. The zero-order valence-electron chi connectivity index (χ0n) is 19.1. The minimum atomic E-state index is 0.181. The molecule has 4 rings (SSSR count). The second kappa shape index (κ2) is 9.73. The Balaban J connectivity index is 1.22. The van der Waals surface area contributed by atoms with Crippen molar-refractivity contribution in [1.29, 1.82) is 0 Å². The van der Waals surface area contributed by atoms with Crippen molar-refractivity contribution in [2.45, 2.75) is 76.8 Å². The number of piperazine rings is 1. The van der Waals surface area contributed by atoms with Gasteiger partial charge in [0.2, 0.25) is 5.95 Å². The van der Waals surface area contributed by atoms with Crippen molar-refractivity contribution in [3.63, 3.8) is 0 Å². The Morgan fingerprint density at radius 1 is 1.03 bits per heavy atom. The number of ketones is 1. The van der Waals surface area contributed by atoms with Gasteiger partial charge in [0.05, 0.1) is 0 Å². The van der Waals surface area contributed by atoms with Gasteiger partial charge in [0, 0.05) is 49.9 Å². The highest BCUT2D eigenvalue weighted by Crippen LogP contribution is 2.33. The van der Waals surface area contributed by atoms with E-state index in [1.54, 1.807) is 0 Å². The van der Waals surface area contributed by atoms with Crippen molar-refractivity contribution in [3.05, 3.63) is 18.0 Å². The van der Waals surface area contributed by atoms with Crippen molar-refractivity contribution in [2.75, 3.05) is 44.7 Å². The van der Waals surface area contributed by atoms with E-state index < -0.39 is 0 Å². The summed E-state index contributed by atoms with van der Waals surface area (Å²) in [6.07, 6.45) is 12.0. The molecule has 2 bridgehead atoms.